The molecule has 2 aromatic rings. The molecule has 1 saturated heterocycles. The van der Waals surface area contributed by atoms with Crippen molar-refractivity contribution in [2.24, 2.45) is 0 Å². The number of carbonyl (C=O) groups is 3. The van der Waals surface area contributed by atoms with E-state index >= 15 is 0 Å². The summed E-state index contributed by atoms with van der Waals surface area (Å²) in [7, 11) is 4.72. The molecule has 0 saturated carbocycles. The normalized spacial score (nSPS) is 13.8. The molecule has 208 valence electrons. The van der Waals surface area contributed by atoms with E-state index in [9.17, 15) is 14.4 Å². The number of hydrogen-bond acceptors (Lipinski definition) is 10. The minimum absolute atomic E-state index is 0.0258. The van der Waals surface area contributed by atoms with Crippen LogP contribution in [0.2, 0.25) is 0 Å². The Balaban J connectivity index is 1.33. The van der Waals surface area contributed by atoms with Gasteiger partial charge in [0.15, 0.2) is 0 Å². The van der Waals surface area contributed by atoms with Gasteiger partial charge in [0.1, 0.15) is 25.5 Å². The average Bonchev–Trinajstić information content (AvgIpc) is 3.57. The second-order valence-corrected chi connectivity index (χ2v) is 12.3. The molecule has 38 heavy (non-hydrogen) atoms. The van der Waals surface area contributed by atoms with Gasteiger partial charge in [0, 0.05) is 36.4 Å². The standard InChI is InChI=1S/C24H35N7O5S2/c1-24(2,17-26-21(32)14-31-13-19(27-29-31)12-25-22(33)16-35-3)38-37-20-8-6-18(7-9-20)15-36-23(34)28-30-10-4-5-11-30/h6-9,13H,4-5,10-12,14-17H2,1-3H3,(H,25,33)(H,26,32)(H,28,34). The van der Waals surface area contributed by atoms with Crippen LogP contribution in [0.5, 0.6) is 0 Å². The zero-order valence-corrected chi connectivity index (χ0v) is 23.5. The van der Waals surface area contributed by atoms with E-state index in [4.69, 9.17) is 9.47 Å². The van der Waals surface area contributed by atoms with Crippen molar-refractivity contribution >= 4 is 39.5 Å². The van der Waals surface area contributed by atoms with Gasteiger partial charge in [-0.15, -0.1) is 5.10 Å². The summed E-state index contributed by atoms with van der Waals surface area (Å²) in [5.74, 6) is -0.429. The van der Waals surface area contributed by atoms with Crippen LogP contribution >= 0.6 is 21.6 Å². The number of hydrogen-bond donors (Lipinski definition) is 3. The number of methoxy groups -OCH3 is 1. The van der Waals surface area contributed by atoms with Gasteiger partial charge in [0.25, 0.3) is 0 Å². The number of rotatable bonds is 14. The third-order valence-corrected chi connectivity index (χ3v) is 8.68. The van der Waals surface area contributed by atoms with Gasteiger partial charge in [0.2, 0.25) is 11.8 Å². The Kier molecular flexibility index (Phi) is 11.7. The lowest BCUT2D eigenvalue weighted by atomic mass is 10.2. The summed E-state index contributed by atoms with van der Waals surface area (Å²) in [6, 6.07) is 7.86. The quantitative estimate of drug-likeness (QED) is 0.292. The van der Waals surface area contributed by atoms with Gasteiger partial charge in [-0.25, -0.2) is 14.5 Å². The summed E-state index contributed by atoms with van der Waals surface area (Å²) in [5.41, 5.74) is 4.22. The lowest BCUT2D eigenvalue weighted by molar-refractivity contribution is -0.125. The van der Waals surface area contributed by atoms with Crippen LogP contribution in [-0.4, -0.2) is 76.0 Å². The molecule has 3 rings (SSSR count). The predicted octanol–water partition coefficient (Wildman–Crippen LogP) is 2.11. The van der Waals surface area contributed by atoms with Gasteiger partial charge < -0.3 is 20.1 Å². The molecule has 1 fully saturated rings. The average molecular weight is 566 g/mol. The van der Waals surface area contributed by atoms with Crippen molar-refractivity contribution in [1.29, 1.82) is 0 Å². The van der Waals surface area contributed by atoms with E-state index in [1.807, 2.05) is 29.3 Å². The Morgan fingerprint density at radius 2 is 1.82 bits per heavy atom. The van der Waals surface area contributed by atoms with Gasteiger partial charge in [-0.1, -0.05) is 38.9 Å². The second-order valence-electron chi connectivity index (χ2n) is 9.35. The fourth-order valence-corrected chi connectivity index (χ4v) is 5.53. The lowest BCUT2D eigenvalue weighted by Gasteiger charge is -2.23. The van der Waals surface area contributed by atoms with Crippen LogP contribution in [0.1, 0.15) is 37.9 Å². The zero-order chi connectivity index (χ0) is 27.4. The van der Waals surface area contributed by atoms with Gasteiger partial charge in [-0.3, -0.25) is 15.0 Å². The van der Waals surface area contributed by atoms with E-state index in [0.717, 1.165) is 36.4 Å². The maximum absolute atomic E-state index is 12.4. The Morgan fingerprint density at radius 3 is 2.53 bits per heavy atom. The summed E-state index contributed by atoms with van der Waals surface area (Å²) < 4.78 is 11.3. The van der Waals surface area contributed by atoms with Crippen molar-refractivity contribution < 1.29 is 23.9 Å². The SMILES string of the molecule is COCC(=O)NCc1cn(CC(=O)NCC(C)(C)SSc2ccc(COC(=O)NN3CCCC3)cc2)nn1. The van der Waals surface area contributed by atoms with Crippen LogP contribution in [0.25, 0.3) is 0 Å². The summed E-state index contributed by atoms with van der Waals surface area (Å²) in [5, 5.41) is 15.4. The molecule has 3 N–H and O–H groups in total. The van der Waals surface area contributed by atoms with Crippen molar-refractivity contribution in [3.8, 4) is 0 Å². The van der Waals surface area contributed by atoms with Gasteiger partial charge in [-0.05, 0) is 44.4 Å². The van der Waals surface area contributed by atoms with Crippen LogP contribution in [0.3, 0.4) is 0 Å². The van der Waals surface area contributed by atoms with E-state index in [2.05, 4.69) is 40.2 Å². The number of nitrogens with one attached hydrogen (secondary N) is 3. The third-order valence-electron chi connectivity index (χ3n) is 5.36. The molecule has 12 nitrogen and oxygen atoms in total. The van der Waals surface area contributed by atoms with Crippen molar-refractivity contribution in [3.63, 3.8) is 0 Å². The van der Waals surface area contributed by atoms with Crippen LogP contribution in [-0.2, 0) is 38.8 Å². The highest BCUT2D eigenvalue weighted by molar-refractivity contribution is 8.77. The number of aromatic nitrogens is 3. The first kappa shape index (κ1) is 29.7. The summed E-state index contributed by atoms with van der Waals surface area (Å²) in [4.78, 5) is 36.8. The first-order valence-electron chi connectivity index (χ1n) is 12.3. The maximum atomic E-state index is 12.4. The van der Waals surface area contributed by atoms with E-state index in [-0.39, 0.29) is 42.9 Å². The molecule has 1 aliphatic rings. The Morgan fingerprint density at radius 1 is 1.08 bits per heavy atom. The minimum Gasteiger partial charge on any atom is -0.444 e. The van der Waals surface area contributed by atoms with Gasteiger partial charge >= 0.3 is 6.09 Å². The zero-order valence-electron chi connectivity index (χ0n) is 21.9. The monoisotopic (exact) mass is 565 g/mol. The summed E-state index contributed by atoms with van der Waals surface area (Å²) in [6.07, 6.45) is 3.37. The Labute approximate surface area is 230 Å². The highest BCUT2D eigenvalue weighted by atomic mass is 33.1. The molecule has 1 aromatic heterocycles. The molecular formula is C24H35N7O5S2. The van der Waals surface area contributed by atoms with E-state index < -0.39 is 6.09 Å². The van der Waals surface area contributed by atoms with Crippen molar-refractivity contribution in [1.82, 2.24) is 36.1 Å². The largest absolute Gasteiger partial charge is 0.444 e. The smallest absolute Gasteiger partial charge is 0.422 e. The third kappa shape index (κ3) is 10.9. The van der Waals surface area contributed by atoms with Crippen molar-refractivity contribution in [2.45, 2.75) is 56.0 Å². The summed E-state index contributed by atoms with van der Waals surface area (Å²) >= 11 is 0. The fourth-order valence-electron chi connectivity index (χ4n) is 3.35. The topological polar surface area (TPSA) is 140 Å². The molecule has 0 unspecified atom stereocenters. The highest BCUT2D eigenvalue weighted by Crippen LogP contribution is 2.40. The Bertz CT molecular complexity index is 1060. The number of amides is 3. The number of hydrazine groups is 1. The molecule has 0 radical (unpaired) electrons. The van der Waals surface area contributed by atoms with E-state index in [1.54, 1.807) is 27.8 Å². The first-order valence-corrected chi connectivity index (χ1v) is 14.4. The molecule has 1 aromatic carbocycles. The molecule has 0 atom stereocenters. The predicted molar refractivity (Wildman–Crippen MR) is 145 cm³/mol. The van der Waals surface area contributed by atoms with Crippen LogP contribution in [0.15, 0.2) is 35.4 Å². The Hall–Kier alpha value is -2.81. The van der Waals surface area contributed by atoms with E-state index in [0.29, 0.717) is 12.2 Å². The van der Waals surface area contributed by atoms with Crippen molar-refractivity contribution in [3.05, 3.63) is 41.7 Å². The molecule has 0 aliphatic carbocycles. The number of nitrogens with zero attached hydrogens (tertiary/aromatic N) is 4. The van der Waals surface area contributed by atoms with Crippen LogP contribution in [0.4, 0.5) is 4.79 Å². The van der Waals surface area contributed by atoms with Gasteiger partial charge in [-0.2, -0.15) is 0 Å². The lowest BCUT2D eigenvalue weighted by Crippen LogP contribution is -2.40. The second kappa shape index (κ2) is 15.0. The van der Waals surface area contributed by atoms with Crippen LogP contribution < -0.4 is 16.1 Å². The molecule has 0 bridgehead atoms. The molecular weight excluding hydrogens is 530 g/mol. The number of ether oxygens (including phenoxy) is 2. The molecule has 0 spiro atoms. The van der Waals surface area contributed by atoms with Gasteiger partial charge in [0.05, 0.1) is 12.7 Å². The highest BCUT2D eigenvalue weighted by Gasteiger charge is 2.21. The van der Waals surface area contributed by atoms with Crippen molar-refractivity contribution in [2.75, 3.05) is 33.4 Å². The number of benzene rings is 1. The van der Waals surface area contributed by atoms with E-state index in [1.165, 1.54) is 11.8 Å². The molecule has 1 aliphatic heterocycles. The number of carbonyl (C=O) groups excluding carboxylic acids is 3. The molecule has 2 heterocycles. The first-order chi connectivity index (χ1) is 18.2. The maximum Gasteiger partial charge on any atom is 0.422 e. The minimum atomic E-state index is -0.430. The van der Waals surface area contributed by atoms with Crippen LogP contribution in [0, 0.1) is 0 Å². The molecule has 14 heteroatoms. The fraction of sp³-hybridized carbons (Fsp3) is 0.542. The summed E-state index contributed by atoms with van der Waals surface area (Å²) in [6.45, 7) is 6.74. The molecule has 3 amide bonds.